The van der Waals surface area contributed by atoms with Crippen molar-refractivity contribution >= 4 is 0 Å². The van der Waals surface area contributed by atoms with E-state index in [4.69, 9.17) is 11.5 Å². The first-order valence-electron chi connectivity index (χ1n) is 9.33. The maximum absolute atomic E-state index is 6.87. The fourth-order valence-electron chi connectivity index (χ4n) is 3.62. The normalized spacial score (nSPS) is 11.6. The van der Waals surface area contributed by atoms with Crippen LogP contribution in [0.2, 0.25) is 0 Å². The summed E-state index contributed by atoms with van der Waals surface area (Å²) in [4.78, 5) is 0. The minimum Gasteiger partial charge on any atom is -0.328 e. The van der Waals surface area contributed by atoms with Gasteiger partial charge < -0.3 is 11.5 Å². The zero-order valence-electron chi connectivity index (χ0n) is 15.6. The quantitative estimate of drug-likeness (QED) is 0.399. The summed E-state index contributed by atoms with van der Waals surface area (Å²) in [6.07, 6.45) is 5.11. The second kappa shape index (κ2) is 7.80. The first-order chi connectivity index (χ1) is 13.7. The molecule has 0 radical (unpaired) electrons. The second-order valence-electron chi connectivity index (χ2n) is 7.04. The van der Waals surface area contributed by atoms with Crippen LogP contribution >= 0.6 is 0 Å². The van der Waals surface area contributed by atoms with Crippen molar-refractivity contribution in [2.45, 2.75) is 18.4 Å². The van der Waals surface area contributed by atoms with E-state index in [1.807, 2.05) is 48.8 Å². The highest BCUT2D eigenvalue weighted by Gasteiger charge is 2.36. The molecule has 0 bridgehead atoms. The number of nitrogens with one attached hydrogen (secondary N) is 2. The van der Waals surface area contributed by atoms with E-state index in [1.54, 1.807) is 0 Å². The molecule has 0 saturated heterocycles. The van der Waals surface area contributed by atoms with Crippen molar-refractivity contribution in [3.05, 3.63) is 107 Å². The molecule has 0 amide bonds. The van der Waals surface area contributed by atoms with Gasteiger partial charge in [0.2, 0.25) is 0 Å². The number of H-pyrrole nitrogens is 2. The first kappa shape index (κ1) is 18.2. The summed E-state index contributed by atoms with van der Waals surface area (Å²) in [6.45, 7) is 0.223. The van der Waals surface area contributed by atoms with E-state index in [-0.39, 0.29) is 6.54 Å². The lowest BCUT2D eigenvalue weighted by molar-refractivity contribution is 0.507. The van der Waals surface area contributed by atoms with Crippen LogP contribution in [0.5, 0.6) is 0 Å². The number of rotatable bonds is 7. The van der Waals surface area contributed by atoms with Crippen LogP contribution in [0.15, 0.2) is 73.1 Å². The molecule has 0 unspecified atom stereocenters. The zero-order chi connectivity index (χ0) is 19.4. The largest absolute Gasteiger partial charge is 0.328 e. The lowest BCUT2D eigenvalue weighted by atomic mass is 9.85. The Morgan fingerprint density at radius 3 is 1.54 bits per heavy atom. The van der Waals surface area contributed by atoms with E-state index in [2.05, 4.69) is 44.7 Å². The maximum atomic E-state index is 6.87. The molecule has 4 aromatic rings. The summed E-state index contributed by atoms with van der Waals surface area (Å²) < 4.78 is 0. The Bertz CT molecular complexity index is 940. The minimum atomic E-state index is -0.929. The molecule has 6 heteroatoms. The van der Waals surface area contributed by atoms with Crippen molar-refractivity contribution in [2.75, 3.05) is 6.54 Å². The van der Waals surface area contributed by atoms with Gasteiger partial charge in [0.1, 0.15) is 5.54 Å². The van der Waals surface area contributed by atoms with Gasteiger partial charge in [-0.05, 0) is 22.3 Å². The number of nitrogens with zero attached hydrogens (tertiary/aromatic N) is 2. The van der Waals surface area contributed by atoms with Crippen molar-refractivity contribution in [1.82, 2.24) is 20.4 Å². The van der Waals surface area contributed by atoms with Crippen molar-refractivity contribution in [2.24, 2.45) is 11.5 Å². The van der Waals surface area contributed by atoms with Crippen LogP contribution in [-0.2, 0) is 18.4 Å². The van der Waals surface area contributed by atoms with Gasteiger partial charge in [0.05, 0.1) is 23.8 Å². The van der Waals surface area contributed by atoms with E-state index >= 15 is 0 Å². The van der Waals surface area contributed by atoms with Gasteiger partial charge in [0, 0.05) is 19.4 Å². The van der Waals surface area contributed by atoms with Gasteiger partial charge in [-0.25, -0.2) is 0 Å². The van der Waals surface area contributed by atoms with E-state index in [0.717, 1.165) is 35.4 Å². The Balaban J connectivity index is 1.69. The molecule has 6 N–H and O–H groups in total. The highest BCUT2D eigenvalue weighted by molar-refractivity contribution is 5.41. The topological polar surface area (TPSA) is 109 Å². The van der Waals surface area contributed by atoms with Gasteiger partial charge in [-0.15, -0.1) is 0 Å². The van der Waals surface area contributed by atoms with Crippen molar-refractivity contribution in [3.8, 4) is 0 Å². The van der Waals surface area contributed by atoms with Crippen LogP contribution in [0, 0.1) is 0 Å². The molecule has 0 aliphatic heterocycles. The van der Waals surface area contributed by atoms with Crippen LogP contribution < -0.4 is 11.5 Å². The van der Waals surface area contributed by atoms with E-state index in [9.17, 15) is 0 Å². The summed E-state index contributed by atoms with van der Waals surface area (Å²) in [5.41, 5.74) is 18.2. The zero-order valence-corrected chi connectivity index (χ0v) is 15.6. The Morgan fingerprint density at radius 1 is 0.714 bits per heavy atom. The Kier molecular flexibility index (Phi) is 5.06. The summed E-state index contributed by atoms with van der Waals surface area (Å²) in [5.74, 6) is 0. The molecule has 0 aliphatic carbocycles. The maximum Gasteiger partial charge on any atom is 0.113 e. The van der Waals surface area contributed by atoms with Crippen LogP contribution in [0.25, 0.3) is 0 Å². The molecule has 0 saturated carbocycles. The average Bonchev–Trinajstić information content (AvgIpc) is 3.39. The molecule has 2 aromatic carbocycles. The smallest absolute Gasteiger partial charge is 0.113 e. The fourth-order valence-corrected chi connectivity index (χ4v) is 3.62. The van der Waals surface area contributed by atoms with Gasteiger partial charge in [-0.2, -0.15) is 10.2 Å². The van der Waals surface area contributed by atoms with Gasteiger partial charge >= 0.3 is 0 Å². The van der Waals surface area contributed by atoms with E-state index in [0.29, 0.717) is 0 Å². The Labute approximate surface area is 164 Å². The predicted octanol–water partition coefficient (Wildman–Crippen LogP) is 2.48. The minimum absolute atomic E-state index is 0.223. The summed E-state index contributed by atoms with van der Waals surface area (Å²) >= 11 is 0. The molecule has 28 heavy (non-hydrogen) atoms. The molecule has 0 aliphatic rings. The third-order valence-electron chi connectivity index (χ3n) is 5.12. The van der Waals surface area contributed by atoms with Gasteiger partial charge in [0.15, 0.2) is 0 Å². The second-order valence-corrected chi connectivity index (χ2v) is 7.04. The number of hydrogen-bond donors (Lipinski definition) is 4. The highest BCUT2D eigenvalue weighted by atomic mass is 15.2. The Hall–Kier alpha value is -3.22. The summed E-state index contributed by atoms with van der Waals surface area (Å²) in [5, 5.41) is 14.7. The van der Waals surface area contributed by atoms with Crippen LogP contribution in [-0.4, -0.2) is 26.9 Å². The number of aromatic nitrogens is 4. The van der Waals surface area contributed by atoms with Crippen LogP contribution in [0.1, 0.15) is 33.6 Å². The lowest BCUT2D eigenvalue weighted by Crippen LogP contribution is -2.47. The molecule has 2 heterocycles. The van der Waals surface area contributed by atoms with Gasteiger partial charge in [-0.1, -0.05) is 60.7 Å². The monoisotopic (exact) mass is 372 g/mol. The number of benzene rings is 2. The number of hydrogen-bond acceptors (Lipinski definition) is 4. The molecule has 0 atom stereocenters. The van der Waals surface area contributed by atoms with Crippen LogP contribution in [0.4, 0.5) is 0 Å². The summed E-state index contributed by atoms with van der Waals surface area (Å²) in [7, 11) is 0. The molecule has 6 nitrogen and oxygen atoms in total. The lowest BCUT2D eigenvalue weighted by Gasteiger charge is -2.28. The standard InChI is InChI=1S/C22H24N6/c23-15-22(24,20-18(13-25-27-20)11-16-7-3-1-4-8-16)21-19(14-26-28-21)12-17-9-5-2-6-10-17/h1-10,13-14H,11-12,15,23-24H2,(H,25,27)(H,26,28). The van der Waals surface area contributed by atoms with Crippen molar-refractivity contribution in [1.29, 1.82) is 0 Å². The number of nitrogens with two attached hydrogens (primary N) is 2. The third kappa shape index (κ3) is 3.47. The third-order valence-corrected chi connectivity index (χ3v) is 5.12. The SMILES string of the molecule is NCC(N)(c1[nH]ncc1Cc1ccccc1)c1[nH]ncc1Cc1ccccc1. The van der Waals surface area contributed by atoms with Crippen LogP contribution in [0.3, 0.4) is 0 Å². The molecular weight excluding hydrogens is 348 g/mol. The van der Waals surface area contributed by atoms with Gasteiger partial charge in [-0.3, -0.25) is 10.2 Å². The van der Waals surface area contributed by atoms with Crippen molar-refractivity contribution < 1.29 is 0 Å². The molecule has 4 rings (SSSR count). The molecule has 0 fully saturated rings. The molecule has 142 valence electrons. The molecule has 2 aromatic heterocycles. The van der Waals surface area contributed by atoms with Crippen molar-refractivity contribution in [3.63, 3.8) is 0 Å². The van der Waals surface area contributed by atoms with E-state index < -0.39 is 5.54 Å². The average molecular weight is 372 g/mol. The highest BCUT2D eigenvalue weighted by Crippen LogP contribution is 2.30. The van der Waals surface area contributed by atoms with E-state index in [1.165, 1.54) is 11.1 Å². The predicted molar refractivity (Wildman–Crippen MR) is 110 cm³/mol. The van der Waals surface area contributed by atoms with Gasteiger partial charge in [0.25, 0.3) is 0 Å². The fraction of sp³-hybridized carbons (Fsp3) is 0.182. The Morgan fingerprint density at radius 2 is 1.14 bits per heavy atom. The molecule has 0 spiro atoms. The molecular formula is C22H24N6. The first-order valence-corrected chi connectivity index (χ1v) is 9.33. The number of aromatic amines is 2. The summed E-state index contributed by atoms with van der Waals surface area (Å²) in [6, 6.07) is 20.5.